The minimum Gasteiger partial charge on any atom is -0.340 e. The summed E-state index contributed by atoms with van der Waals surface area (Å²) in [5, 5.41) is 0.394. The molecule has 2 heterocycles. The molecule has 24 heavy (non-hydrogen) atoms. The van der Waals surface area contributed by atoms with Gasteiger partial charge in [0.1, 0.15) is 6.54 Å². The van der Waals surface area contributed by atoms with Gasteiger partial charge in [0, 0.05) is 19.1 Å². The van der Waals surface area contributed by atoms with Gasteiger partial charge in [0.25, 0.3) is 5.56 Å². The van der Waals surface area contributed by atoms with Crippen molar-refractivity contribution < 1.29 is 4.79 Å². The standard InChI is InChI=1S/C17H22N4O3/c1-17(2)10-20(8-7-13(17)18)14(22)9-21-15(23)11-5-3-4-6-12(11)19-16(21)24/h3-6,13H,7-10,18H2,1-2H3,(H,19,24). The van der Waals surface area contributed by atoms with E-state index >= 15 is 0 Å². The molecule has 1 amide bonds. The van der Waals surface area contributed by atoms with Crippen LogP contribution in [0, 0.1) is 5.41 Å². The molecule has 1 aliphatic heterocycles. The maximum atomic E-state index is 12.6. The van der Waals surface area contributed by atoms with Crippen molar-refractivity contribution in [2.75, 3.05) is 13.1 Å². The van der Waals surface area contributed by atoms with Gasteiger partial charge in [-0.3, -0.25) is 14.2 Å². The lowest BCUT2D eigenvalue weighted by molar-refractivity contribution is -0.135. The number of aromatic nitrogens is 2. The van der Waals surface area contributed by atoms with E-state index in [1.54, 1.807) is 29.2 Å². The normalized spacial score (nSPS) is 20.3. The molecule has 1 atom stereocenters. The molecular formula is C17H22N4O3. The van der Waals surface area contributed by atoms with Gasteiger partial charge in [-0.2, -0.15) is 0 Å². The fourth-order valence-electron chi connectivity index (χ4n) is 3.16. The Morgan fingerprint density at radius 1 is 1.33 bits per heavy atom. The molecule has 3 N–H and O–H groups in total. The number of aromatic amines is 1. The van der Waals surface area contributed by atoms with E-state index in [0.717, 1.165) is 4.57 Å². The van der Waals surface area contributed by atoms with E-state index in [1.165, 1.54) is 0 Å². The summed E-state index contributed by atoms with van der Waals surface area (Å²) >= 11 is 0. The zero-order chi connectivity index (χ0) is 17.5. The number of piperidine rings is 1. The van der Waals surface area contributed by atoms with Crippen LogP contribution in [-0.4, -0.2) is 39.5 Å². The van der Waals surface area contributed by atoms with Crippen molar-refractivity contribution in [3.8, 4) is 0 Å². The SMILES string of the molecule is CC1(C)CN(C(=O)Cn2c(=O)[nH]c3ccccc3c2=O)CCC1N. The zero-order valence-corrected chi connectivity index (χ0v) is 13.9. The van der Waals surface area contributed by atoms with Crippen LogP contribution < -0.4 is 17.0 Å². The summed E-state index contributed by atoms with van der Waals surface area (Å²) in [5.41, 5.74) is 5.36. The highest BCUT2D eigenvalue weighted by Crippen LogP contribution is 2.27. The summed E-state index contributed by atoms with van der Waals surface area (Å²) in [4.78, 5) is 41.6. The van der Waals surface area contributed by atoms with Gasteiger partial charge in [0.15, 0.2) is 0 Å². The number of carbonyl (C=O) groups is 1. The van der Waals surface area contributed by atoms with Crippen molar-refractivity contribution in [2.45, 2.75) is 32.9 Å². The number of para-hydroxylation sites is 1. The molecule has 1 unspecified atom stereocenters. The van der Waals surface area contributed by atoms with Crippen LogP contribution in [0.5, 0.6) is 0 Å². The van der Waals surface area contributed by atoms with E-state index in [-0.39, 0.29) is 23.9 Å². The number of H-pyrrole nitrogens is 1. The zero-order valence-electron chi connectivity index (χ0n) is 13.9. The highest BCUT2D eigenvalue weighted by atomic mass is 16.2. The van der Waals surface area contributed by atoms with Crippen molar-refractivity contribution in [3.63, 3.8) is 0 Å². The van der Waals surface area contributed by atoms with Crippen LogP contribution in [0.4, 0.5) is 0 Å². The first-order chi connectivity index (χ1) is 11.3. The Kier molecular flexibility index (Phi) is 4.04. The van der Waals surface area contributed by atoms with Crippen LogP contribution >= 0.6 is 0 Å². The van der Waals surface area contributed by atoms with E-state index in [4.69, 9.17) is 5.73 Å². The van der Waals surface area contributed by atoms with Crippen molar-refractivity contribution in [2.24, 2.45) is 11.1 Å². The number of carbonyl (C=O) groups excluding carboxylic acids is 1. The van der Waals surface area contributed by atoms with E-state index in [1.807, 2.05) is 13.8 Å². The van der Waals surface area contributed by atoms with Crippen molar-refractivity contribution >= 4 is 16.8 Å². The topological polar surface area (TPSA) is 101 Å². The first-order valence-corrected chi connectivity index (χ1v) is 8.05. The van der Waals surface area contributed by atoms with Gasteiger partial charge >= 0.3 is 5.69 Å². The first-order valence-electron chi connectivity index (χ1n) is 8.05. The Bertz CT molecular complexity index is 897. The second-order valence-corrected chi connectivity index (χ2v) is 7.07. The molecule has 0 radical (unpaired) electrons. The Labute approximate surface area is 139 Å². The van der Waals surface area contributed by atoms with Gasteiger partial charge in [0.2, 0.25) is 5.91 Å². The molecule has 1 aliphatic rings. The van der Waals surface area contributed by atoms with E-state index in [9.17, 15) is 14.4 Å². The van der Waals surface area contributed by atoms with E-state index in [2.05, 4.69) is 4.98 Å². The summed E-state index contributed by atoms with van der Waals surface area (Å²) in [5.74, 6) is -0.238. The second kappa shape index (κ2) is 5.90. The summed E-state index contributed by atoms with van der Waals surface area (Å²) in [6, 6.07) is 6.80. The van der Waals surface area contributed by atoms with Gasteiger partial charge < -0.3 is 15.6 Å². The molecule has 0 aliphatic carbocycles. The van der Waals surface area contributed by atoms with Gasteiger partial charge in [-0.15, -0.1) is 0 Å². The van der Waals surface area contributed by atoms with E-state index in [0.29, 0.717) is 30.4 Å². The third-order valence-corrected chi connectivity index (χ3v) is 4.85. The van der Waals surface area contributed by atoms with Crippen LogP contribution in [-0.2, 0) is 11.3 Å². The summed E-state index contributed by atoms with van der Waals surface area (Å²) < 4.78 is 0.964. The molecular weight excluding hydrogens is 308 g/mol. The number of likely N-dealkylation sites (tertiary alicyclic amines) is 1. The lowest BCUT2D eigenvalue weighted by Crippen LogP contribution is -2.55. The number of nitrogens with one attached hydrogen (secondary N) is 1. The predicted octanol–water partition coefficient (Wildman–Crippen LogP) is 0.276. The predicted molar refractivity (Wildman–Crippen MR) is 91.8 cm³/mol. The highest BCUT2D eigenvalue weighted by Gasteiger charge is 2.35. The third-order valence-electron chi connectivity index (χ3n) is 4.85. The molecule has 1 saturated heterocycles. The van der Waals surface area contributed by atoms with Crippen LogP contribution in [0.3, 0.4) is 0 Å². The molecule has 128 valence electrons. The second-order valence-electron chi connectivity index (χ2n) is 7.07. The summed E-state index contributed by atoms with van der Waals surface area (Å²) in [6.45, 7) is 4.85. The van der Waals surface area contributed by atoms with Crippen molar-refractivity contribution in [1.82, 2.24) is 14.5 Å². The average molecular weight is 330 g/mol. The number of hydrogen-bond acceptors (Lipinski definition) is 4. The molecule has 2 aromatic rings. The smallest absolute Gasteiger partial charge is 0.329 e. The number of rotatable bonds is 2. The number of nitrogens with two attached hydrogens (primary N) is 1. The Morgan fingerprint density at radius 2 is 2.04 bits per heavy atom. The molecule has 7 heteroatoms. The van der Waals surface area contributed by atoms with Gasteiger partial charge in [-0.05, 0) is 24.0 Å². The summed E-state index contributed by atoms with van der Waals surface area (Å²) in [6.07, 6.45) is 0.710. The quantitative estimate of drug-likeness (QED) is 0.825. The Hall–Kier alpha value is -2.41. The fraction of sp³-hybridized carbons (Fsp3) is 0.471. The first kappa shape index (κ1) is 16.4. The fourth-order valence-corrected chi connectivity index (χ4v) is 3.16. The molecule has 0 saturated carbocycles. The third kappa shape index (κ3) is 2.87. The number of benzene rings is 1. The molecule has 0 spiro atoms. The van der Waals surface area contributed by atoms with Crippen molar-refractivity contribution in [3.05, 3.63) is 45.1 Å². The van der Waals surface area contributed by atoms with E-state index < -0.39 is 11.2 Å². The highest BCUT2D eigenvalue weighted by molar-refractivity contribution is 5.79. The minimum absolute atomic E-state index is 0.0355. The van der Waals surface area contributed by atoms with Crippen LogP contribution in [0.15, 0.2) is 33.9 Å². The number of fused-ring (bicyclic) bond motifs is 1. The molecule has 1 aromatic heterocycles. The average Bonchev–Trinajstić information content (AvgIpc) is 2.53. The Balaban J connectivity index is 1.89. The lowest BCUT2D eigenvalue weighted by Gasteiger charge is -2.42. The molecule has 1 aromatic carbocycles. The van der Waals surface area contributed by atoms with Crippen LogP contribution in [0.1, 0.15) is 20.3 Å². The van der Waals surface area contributed by atoms with Gasteiger partial charge in [-0.25, -0.2) is 4.79 Å². The number of nitrogens with zero attached hydrogens (tertiary/aromatic N) is 2. The minimum atomic E-state index is -0.569. The van der Waals surface area contributed by atoms with Crippen LogP contribution in [0.2, 0.25) is 0 Å². The van der Waals surface area contributed by atoms with Crippen molar-refractivity contribution in [1.29, 1.82) is 0 Å². The van der Waals surface area contributed by atoms with Gasteiger partial charge in [-0.1, -0.05) is 26.0 Å². The van der Waals surface area contributed by atoms with Crippen LogP contribution in [0.25, 0.3) is 10.9 Å². The molecule has 1 fully saturated rings. The maximum absolute atomic E-state index is 12.6. The lowest BCUT2D eigenvalue weighted by atomic mass is 9.79. The molecule has 7 nitrogen and oxygen atoms in total. The largest absolute Gasteiger partial charge is 0.340 e. The molecule has 0 bridgehead atoms. The number of amides is 1. The number of hydrogen-bond donors (Lipinski definition) is 2. The van der Waals surface area contributed by atoms with Gasteiger partial charge in [0.05, 0.1) is 10.9 Å². The molecule has 3 rings (SSSR count). The monoisotopic (exact) mass is 330 g/mol. The summed E-state index contributed by atoms with van der Waals surface area (Å²) in [7, 11) is 0. The maximum Gasteiger partial charge on any atom is 0.329 e. The Morgan fingerprint density at radius 3 is 2.75 bits per heavy atom.